The zero-order chi connectivity index (χ0) is 6.85. The summed E-state index contributed by atoms with van der Waals surface area (Å²) in [5.74, 6) is 0.209. The fraction of sp³-hybridized carbons (Fsp3) is 0.167. The van der Waals surface area contributed by atoms with Gasteiger partial charge in [-0.3, -0.25) is 0 Å². The second kappa shape index (κ2) is 2.35. The zero-order valence-corrected chi connectivity index (χ0v) is 6.59. The number of hydrogen-bond donors (Lipinski definition) is 1. The smallest absolute Gasteiger partial charge is 0.377 e. The summed E-state index contributed by atoms with van der Waals surface area (Å²) in [5.41, 5.74) is 1.10. The van der Waals surface area contributed by atoms with E-state index in [1.165, 1.54) is 3.59 Å². The fourth-order valence-electron chi connectivity index (χ4n) is 0.565. The first-order valence-corrected chi connectivity index (χ1v) is 3.28. The van der Waals surface area contributed by atoms with E-state index in [4.69, 9.17) is 5.11 Å². The van der Waals surface area contributed by atoms with Gasteiger partial charge < -0.3 is 5.11 Å². The Bertz CT molecular complexity index is 224. The highest BCUT2D eigenvalue weighted by molar-refractivity contribution is 9.04. The number of aryl methyl sites for hydroxylation is 1. The highest BCUT2D eigenvalue weighted by atomic mass is 79.9. The second-order valence-electron chi connectivity index (χ2n) is 1.88. The molecule has 0 radical (unpaired) electrons. The number of rotatable bonds is 0. The lowest BCUT2D eigenvalue weighted by atomic mass is 10.3. The van der Waals surface area contributed by atoms with Crippen LogP contribution in [0.5, 0.6) is 5.88 Å². The normalized spacial score (nSPS) is 9.56. The highest BCUT2D eigenvalue weighted by Crippen LogP contribution is 2.02. The summed E-state index contributed by atoms with van der Waals surface area (Å²) in [6.45, 7) is 1.96. The molecule has 0 bridgehead atoms. The summed E-state index contributed by atoms with van der Waals surface area (Å²) in [6, 6.07) is 3.47. The van der Waals surface area contributed by atoms with Crippen LogP contribution in [-0.4, -0.2) is 5.11 Å². The summed E-state index contributed by atoms with van der Waals surface area (Å²) >= 11 is 3.11. The Balaban J connectivity index is 3.17. The largest absolute Gasteiger partial charge is 0.459 e. The van der Waals surface area contributed by atoms with Gasteiger partial charge in [0, 0.05) is 5.56 Å². The summed E-state index contributed by atoms with van der Waals surface area (Å²) in [7, 11) is 0. The van der Waals surface area contributed by atoms with E-state index in [1.807, 2.05) is 13.0 Å². The van der Waals surface area contributed by atoms with Gasteiger partial charge in [0.1, 0.15) is 0 Å². The van der Waals surface area contributed by atoms with Gasteiger partial charge in [-0.2, -0.15) is 0 Å². The van der Waals surface area contributed by atoms with Crippen LogP contribution >= 0.6 is 16.1 Å². The van der Waals surface area contributed by atoms with Crippen LogP contribution in [0.2, 0.25) is 0 Å². The summed E-state index contributed by atoms with van der Waals surface area (Å²) < 4.78 is 1.49. The lowest BCUT2D eigenvalue weighted by Crippen LogP contribution is -2.18. The molecule has 0 aliphatic carbocycles. The maximum atomic E-state index is 8.96. The molecule has 0 unspecified atom stereocenters. The van der Waals surface area contributed by atoms with E-state index >= 15 is 0 Å². The molecule has 0 amide bonds. The minimum atomic E-state index is 0.209. The molecule has 9 heavy (non-hydrogen) atoms. The maximum absolute atomic E-state index is 8.96. The van der Waals surface area contributed by atoms with Crippen molar-refractivity contribution >= 4 is 16.1 Å². The quantitative estimate of drug-likeness (QED) is 0.650. The molecule has 1 rings (SSSR count). The van der Waals surface area contributed by atoms with Gasteiger partial charge in [-0.15, -0.1) is 0 Å². The third-order valence-corrected chi connectivity index (χ3v) is 1.60. The van der Waals surface area contributed by atoms with Crippen molar-refractivity contribution in [3.8, 4) is 5.88 Å². The van der Waals surface area contributed by atoms with Crippen molar-refractivity contribution in [2.75, 3.05) is 0 Å². The lowest BCUT2D eigenvalue weighted by molar-refractivity contribution is -0.486. The average Bonchev–Trinajstić information content (AvgIpc) is 1.80. The SMILES string of the molecule is Cc1ccc(O)[n+](Br)c1. The molecule has 1 aromatic heterocycles. The van der Waals surface area contributed by atoms with Crippen molar-refractivity contribution in [2.24, 2.45) is 0 Å². The Kier molecular flexibility index (Phi) is 1.71. The molecule has 3 heteroatoms. The topological polar surface area (TPSA) is 24.1 Å². The van der Waals surface area contributed by atoms with E-state index in [0.29, 0.717) is 0 Å². The van der Waals surface area contributed by atoms with Crippen LogP contribution in [0.3, 0.4) is 0 Å². The molecule has 0 saturated carbocycles. The molecule has 1 aromatic rings. The molecule has 1 heterocycles. The van der Waals surface area contributed by atoms with Crippen molar-refractivity contribution in [1.29, 1.82) is 0 Å². The Morgan fingerprint density at radius 2 is 2.22 bits per heavy atom. The van der Waals surface area contributed by atoms with Crippen LogP contribution in [0.25, 0.3) is 0 Å². The standard InChI is InChI=1S/C6H6BrNO/c1-5-2-3-6(9)8(7)4-5/h2-4H,1H3/p+1. The molecule has 0 aliphatic rings. The third-order valence-electron chi connectivity index (χ3n) is 1.03. The van der Waals surface area contributed by atoms with Gasteiger partial charge in [0.25, 0.3) is 0 Å². The van der Waals surface area contributed by atoms with E-state index < -0.39 is 0 Å². The third kappa shape index (κ3) is 1.42. The minimum Gasteiger partial charge on any atom is -0.459 e. The van der Waals surface area contributed by atoms with Crippen molar-refractivity contribution in [3.63, 3.8) is 0 Å². The van der Waals surface area contributed by atoms with Crippen molar-refractivity contribution in [1.82, 2.24) is 0 Å². The van der Waals surface area contributed by atoms with E-state index in [1.54, 1.807) is 12.3 Å². The molecular weight excluding hydrogens is 182 g/mol. The zero-order valence-electron chi connectivity index (χ0n) is 5.00. The van der Waals surface area contributed by atoms with Crippen LogP contribution in [0.1, 0.15) is 5.56 Å². The molecule has 48 valence electrons. The monoisotopic (exact) mass is 188 g/mol. The Morgan fingerprint density at radius 1 is 1.56 bits per heavy atom. The average molecular weight is 189 g/mol. The molecule has 0 fully saturated rings. The van der Waals surface area contributed by atoms with E-state index in [0.717, 1.165) is 5.56 Å². The molecule has 0 spiro atoms. The molecular formula is C6H7BrNO+. The van der Waals surface area contributed by atoms with Crippen molar-refractivity contribution < 1.29 is 8.70 Å². The van der Waals surface area contributed by atoms with E-state index in [9.17, 15) is 0 Å². The van der Waals surface area contributed by atoms with Crippen LogP contribution in [-0.2, 0) is 0 Å². The van der Waals surface area contributed by atoms with E-state index in [-0.39, 0.29) is 5.88 Å². The fourth-order valence-corrected chi connectivity index (χ4v) is 1.01. The summed E-state index contributed by atoms with van der Waals surface area (Å²) in [4.78, 5) is 0. The van der Waals surface area contributed by atoms with Gasteiger partial charge in [0.15, 0.2) is 6.20 Å². The van der Waals surface area contributed by atoms with Gasteiger partial charge in [-0.25, -0.2) is 0 Å². The first-order valence-electron chi connectivity index (χ1n) is 2.57. The Morgan fingerprint density at radius 3 is 2.67 bits per heavy atom. The highest BCUT2D eigenvalue weighted by Gasteiger charge is 2.03. The lowest BCUT2D eigenvalue weighted by Gasteiger charge is -1.87. The van der Waals surface area contributed by atoms with Crippen LogP contribution in [0.15, 0.2) is 18.3 Å². The Hall–Kier alpha value is -0.570. The van der Waals surface area contributed by atoms with Crippen LogP contribution in [0, 0.1) is 6.92 Å². The first kappa shape index (κ1) is 6.55. The van der Waals surface area contributed by atoms with Gasteiger partial charge in [-0.05, 0) is 13.0 Å². The number of aromatic nitrogens is 1. The predicted octanol–water partition coefficient (Wildman–Crippen LogP) is 1.15. The predicted molar refractivity (Wildman–Crippen MR) is 37.4 cm³/mol. The summed E-state index contributed by atoms with van der Waals surface area (Å²) in [6.07, 6.45) is 1.79. The number of halogens is 1. The molecule has 0 aliphatic heterocycles. The number of aromatic hydroxyl groups is 1. The summed E-state index contributed by atoms with van der Waals surface area (Å²) in [5, 5.41) is 8.96. The Labute approximate surface area is 62.1 Å². The number of hydrogen-bond acceptors (Lipinski definition) is 1. The van der Waals surface area contributed by atoms with Gasteiger partial charge in [0.05, 0.1) is 6.07 Å². The molecule has 2 nitrogen and oxygen atoms in total. The number of nitrogens with zero attached hydrogens (tertiary/aromatic N) is 1. The van der Waals surface area contributed by atoms with Gasteiger partial charge in [-0.1, -0.05) is 3.59 Å². The molecule has 1 N–H and O–H groups in total. The van der Waals surface area contributed by atoms with Crippen LogP contribution in [0.4, 0.5) is 0 Å². The molecule has 0 aromatic carbocycles. The maximum Gasteiger partial charge on any atom is 0.377 e. The number of pyridine rings is 1. The van der Waals surface area contributed by atoms with Crippen molar-refractivity contribution in [3.05, 3.63) is 23.9 Å². The van der Waals surface area contributed by atoms with Crippen LogP contribution < -0.4 is 3.59 Å². The van der Waals surface area contributed by atoms with Crippen molar-refractivity contribution in [2.45, 2.75) is 6.92 Å². The minimum absolute atomic E-state index is 0.209. The molecule has 0 saturated heterocycles. The second-order valence-corrected chi connectivity index (χ2v) is 2.64. The van der Waals surface area contributed by atoms with Gasteiger partial charge in [0.2, 0.25) is 0 Å². The van der Waals surface area contributed by atoms with Gasteiger partial charge >= 0.3 is 22.0 Å². The first-order chi connectivity index (χ1) is 4.20. The van der Waals surface area contributed by atoms with E-state index in [2.05, 4.69) is 16.1 Å². The molecule has 0 atom stereocenters.